The fourth-order valence-corrected chi connectivity index (χ4v) is 3.20. The molecule has 0 spiro atoms. The molecule has 0 fully saturated rings. The van der Waals surface area contributed by atoms with Crippen LogP contribution in [-0.4, -0.2) is 14.8 Å². The Hall–Kier alpha value is -3.32. The van der Waals surface area contributed by atoms with E-state index in [-0.39, 0.29) is 11.2 Å². The summed E-state index contributed by atoms with van der Waals surface area (Å²) >= 11 is 1.39. The standard InChI is InChI=1S/C19H15N5OS/c1-13-17(18(25)24(23-13)15-10-6-3-7-11-15)21-22-19-20-16(12-26-19)14-8-4-2-5-9-14/h2-12,23H,1H3. The second-order valence-corrected chi connectivity index (χ2v) is 6.48. The maximum Gasteiger partial charge on any atom is 0.299 e. The van der Waals surface area contributed by atoms with Crippen molar-refractivity contribution in [3.05, 3.63) is 82.1 Å². The van der Waals surface area contributed by atoms with Crippen molar-refractivity contribution >= 4 is 22.2 Å². The smallest absolute Gasteiger partial charge is 0.293 e. The van der Waals surface area contributed by atoms with Gasteiger partial charge < -0.3 is 0 Å². The molecule has 0 unspecified atom stereocenters. The zero-order chi connectivity index (χ0) is 17.9. The van der Waals surface area contributed by atoms with Gasteiger partial charge in [-0.05, 0) is 19.1 Å². The number of para-hydroxylation sites is 1. The lowest BCUT2D eigenvalue weighted by molar-refractivity contribution is 0.835. The Bertz CT molecular complexity index is 1110. The second kappa shape index (κ2) is 6.89. The van der Waals surface area contributed by atoms with E-state index in [1.165, 1.54) is 16.0 Å². The number of rotatable bonds is 4. The lowest BCUT2D eigenvalue weighted by Crippen LogP contribution is -2.13. The SMILES string of the molecule is Cc1[nH]n(-c2ccccc2)c(=O)c1N=Nc1nc(-c2ccccc2)cs1. The summed E-state index contributed by atoms with van der Waals surface area (Å²) in [6.07, 6.45) is 0. The third-order valence-corrected chi connectivity index (χ3v) is 4.58. The van der Waals surface area contributed by atoms with Crippen LogP contribution in [0.15, 0.2) is 81.1 Å². The average molecular weight is 361 g/mol. The quantitative estimate of drug-likeness (QED) is 0.519. The molecule has 0 saturated heterocycles. The molecule has 4 rings (SSSR count). The number of benzene rings is 2. The third-order valence-electron chi connectivity index (χ3n) is 3.85. The van der Waals surface area contributed by atoms with Crippen LogP contribution in [0.25, 0.3) is 16.9 Å². The van der Waals surface area contributed by atoms with Crippen LogP contribution in [0.2, 0.25) is 0 Å². The van der Waals surface area contributed by atoms with Gasteiger partial charge in [0.1, 0.15) is 0 Å². The zero-order valence-electron chi connectivity index (χ0n) is 14.0. The van der Waals surface area contributed by atoms with Crippen molar-refractivity contribution in [2.75, 3.05) is 0 Å². The second-order valence-electron chi connectivity index (χ2n) is 5.64. The van der Waals surface area contributed by atoms with Crippen molar-refractivity contribution in [1.82, 2.24) is 14.8 Å². The molecule has 7 heteroatoms. The summed E-state index contributed by atoms with van der Waals surface area (Å²) in [4.78, 5) is 17.1. The first-order valence-corrected chi connectivity index (χ1v) is 8.90. The van der Waals surface area contributed by atoms with E-state index in [0.29, 0.717) is 10.8 Å². The molecule has 0 aliphatic heterocycles. The van der Waals surface area contributed by atoms with Gasteiger partial charge >= 0.3 is 0 Å². The van der Waals surface area contributed by atoms with Crippen molar-refractivity contribution in [2.24, 2.45) is 10.2 Å². The lowest BCUT2D eigenvalue weighted by Gasteiger charge is -1.99. The van der Waals surface area contributed by atoms with Gasteiger partial charge in [-0.15, -0.1) is 21.6 Å². The molecule has 2 aromatic carbocycles. The summed E-state index contributed by atoms with van der Waals surface area (Å²) in [7, 11) is 0. The molecular weight excluding hydrogens is 346 g/mol. The van der Waals surface area contributed by atoms with Gasteiger partial charge in [0.05, 0.1) is 17.1 Å². The minimum absolute atomic E-state index is 0.239. The van der Waals surface area contributed by atoms with E-state index in [0.717, 1.165) is 16.9 Å². The van der Waals surface area contributed by atoms with Crippen LogP contribution < -0.4 is 5.56 Å². The molecule has 6 nitrogen and oxygen atoms in total. The number of nitrogens with one attached hydrogen (secondary N) is 1. The van der Waals surface area contributed by atoms with Gasteiger partial charge in [0.25, 0.3) is 5.56 Å². The van der Waals surface area contributed by atoms with E-state index in [1.54, 1.807) is 6.92 Å². The van der Waals surface area contributed by atoms with Crippen LogP contribution in [0.1, 0.15) is 5.69 Å². The summed E-state index contributed by atoms with van der Waals surface area (Å²) in [5, 5.41) is 13.8. The monoisotopic (exact) mass is 361 g/mol. The van der Waals surface area contributed by atoms with E-state index in [2.05, 4.69) is 20.3 Å². The van der Waals surface area contributed by atoms with Gasteiger partial charge in [-0.2, -0.15) is 0 Å². The maximum atomic E-state index is 12.6. The highest BCUT2D eigenvalue weighted by molar-refractivity contribution is 7.13. The Balaban J connectivity index is 1.63. The molecule has 4 aromatic rings. The molecule has 1 N–H and O–H groups in total. The van der Waals surface area contributed by atoms with Gasteiger partial charge in [0.2, 0.25) is 5.13 Å². The topological polar surface area (TPSA) is 75.4 Å². The van der Waals surface area contributed by atoms with Crippen molar-refractivity contribution in [2.45, 2.75) is 6.92 Å². The number of thiazole rings is 1. The summed E-state index contributed by atoms with van der Waals surface area (Å²) in [6, 6.07) is 19.2. The van der Waals surface area contributed by atoms with Crippen molar-refractivity contribution in [3.8, 4) is 16.9 Å². The molecular formula is C19H15N5OS. The number of azo groups is 1. The molecule has 0 amide bonds. The summed E-state index contributed by atoms with van der Waals surface area (Å²) < 4.78 is 1.46. The highest BCUT2D eigenvalue weighted by atomic mass is 32.1. The number of aromatic nitrogens is 3. The molecule has 26 heavy (non-hydrogen) atoms. The maximum absolute atomic E-state index is 12.6. The Kier molecular flexibility index (Phi) is 4.28. The van der Waals surface area contributed by atoms with Crippen molar-refractivity contribution < 1.29 is 0 Å². The van der Waals surface area contributed by atoms with E-state index >= 15 is 0 Å². The Morgan fingerprint density at radius 1 is 1.00 bits per heavy atom. The van der Waals surface area contributed by atoms with Crippen LogP contribution >= 0.6 is 11.3 Å². The number of hydrogen-bond acceptors (Lipinski definition) is 5. The number of aromatic amines is 1. The minimum atomic E-state index is -0.239. The number of nitrogens with zero attached hydrogens (tertiary/aromatic N) is 4. The Morgan fingerprint density at radius 3 is 2.42 bits per heavy atom. The molecule has 2 heterocycles. The number of hydrogen-bond donors (Lipinski definition) is 1. The molecule has 0 aliphatic carbocycles. The third kappa shape index (κ3) is 3.12. The van der Waals surface area contributed by atoms with E-state index in [4.69, 9.17) is 0 Å². The molecule has 0 radical (unpaired) electrons. The van der Waals surface area contributed by atoms with Crippen LogP contribution in [0.4, 0.5) is 10.8 Å². The normalized spacial score (nSPS) is 11.3. The summed E-state index contributed by atoms with van der Waals surface area (Å²) in [5.74, 6) is 0. The molecule has 0 atom stereocenters. The zero-order valence-corrected chi connectivity index (χ0v) is 14.8. The van der Waals surface area contributed by atoms with Crippen LogP contribution in [0, 0.1) is 6.92 Å². The first kappa shape index (κ1) is 16.2. The van der Waals surface area contributed by atoms with E-state index in [1.807, 2.05) is 66.0 Å². The number of H-pyrrole nitrogens is 1. The largest absolute Gasteiger partial charge is 0.299 e. The van der Waals surface area contributed by atoms with Gasteiger partial charge in [-0.3, -0.25) is 9.89 Å². The average Bonchev–Trinajstić information content (AvgIpc) is 3.26. The lowest BCUT2D eigenvalue weighted by atomic mass is 10.2. The Morgan fingerprint density at radius 2 is 1.69 bits per heavy atom. The molecule has 0 bridgehead atoms. The number of aryl methyl sites for hydroxylation is 1. The predicted molar refractivity (Wildman–Crippen MR) is 103 cm³/mol. The van der Waals surface area contributed by atoms with Crippen LogP contribution in [0.5, 0.6) is 0 Å². The fraction of sp³-hybridized carbons (Fsp3) is 0.0526. The minimum Gasteiger partial charge on any atom is -0.293 e. The van der Waals surface area contributed by atoms with E-state index < -0.39 is 0 Å². The molecule has 0 saturated carbocycles. The summed E-state index contributed by atoms with van der Waals surface area (Å²) in [5.41, 5.74) is 3.32. The van der Waals surface area contributed by atoms with E-state index in [9.17, 15) is 4.79 Å². The Labute approximate surface area is 153 Å². The fourth-order valence-electron chi connectivity index (χ4n) is 2.56. The van der Waals surface area contributed by atoms with Crippen LogP contribution in [-0.2, 0) is 0 Å². The first-order valence-electron chi connectivity index (χ1n) is 8.02. The van der Waals surface area contributed by atoms with Gasteiger partial charge in [0.15, 0.2) is 5.69 Å². The predicted octanol–water partition coefficient (Wildman–Crippen LogP) is 5.01. The van der Waals surface area contributed by atoms with Crippen molar-refractivity contribution in [3.63, 3.8) is 0 Å². The molecule has 128 valence electrons. The molecule has 0 aliphatic rings. The van der Waals surface area contributed by atoms with Gasteiger partial charge in [-0.25, -0.2) is 9.67 Å². The van der Waals surface area contributed by atoms with Crippen LogP contribution in [0.3, 0.4) is 0 Å². The van der Waals surface area contributed by atoms with Crippen molar-refractivity contribution in [1.29, 1.82) is 0 Å². The summed E-state index contributed by atoms with van der Waals surface area (Å²) in [6.45, 7) is 1.80. The van der Waals surface area contributed by atoms with Gasteiger partial charge in [-0.1, -0.05) is 48.5 Å². The highest BCUT2D eigenvalue weighted by Gasteiger charge is 2.12. The highest BCUT2D eigenvalue weighted by Crippen LogP contribution is 2.27. The molecule has 2 aromatic heterocycles. The van der Waals surface area contributed by atoms with Gasteiger partial charge in [0, 0.05) is 10.9 Å². The first-order chi connectivity index (χ1) is 12.7.